The van der Waals surface area contributed by atoms with Gasteiger partial charge in [-0.05, 0) is 20.8 Å². The molecule has 52 valence electrons. The topological polar surface area (TPSA) is 26.0 Å². The van der Waals surface area contributed by atoms with Crippen molar-refractivity contribution in [1.29, 1.82) is 0 Å². The lowest BCUT2D eigenvalue weighted by atomic mass is 10.1. The van der Waals surface area contributed by atoms with E-state index in [0.717, 1.165) is 0 Å². The Labute approximate surface area is 53.3 Å². The van der Waals surface area contributed by atoms with E-state index in [1.807, 2.05) is 20.8 Å². The van der Waals surface area contributed by atoms with Crippen molar-refractivity contribution in [3.63, 3.8) is 0 Å². The lowest BCUT2D eigenvalue weighted by Gasteiger charge is -2.06. The molecule has 0 aliphatic heterocycles. The fraction of sp³-hybridized carbons (Fsp3) is 1.00. The van der Waals surface area contributed by atoms with Crippen molar-refractivity contribution in [2.75, 3.05) is 0 Å². The van der Waals surface area contributed by atoms with Crippen LogP contribution in [0, 0.1) is 0 Å². The summed E-state index contributed by atoms with van der Waals surface area (Å²) in [6, 6.07) is 0. The second-order valence-corrected chi connectivity index (χ2v) is 3.07. The van der Waals surface area contributed by atoms with E-state index in [-0.39, 0.29) is 5.54 Å². The Bertz CT molecular complexity index is 28.1. The van der Waals surface area contributed by atoms with Gasteiger partial charge in [-0.25, -0.2) is 0 Å². The minimum absolute atomic E-state index is 0. The number of rotatable bonds is 0. The van der Waals surface area contributed by atoms with E-state index in [9.17, 15) is 0 Å². The first kappa shape index (κ1) is 10.9. The van der Waals surface area contributed by atoms with Gasteiger partial charge < -0.3 is 5.73 Å². The van der Waals surface area contributed by atoms with Gasteiger partial charge in [0.25, 0.3) is 0 Å². The van der Waals surface area contributed by atoms with Gasteiger partial charge in [-0.3, -0.25) is 0 Å². The zero-order chi connectivity index (χ0) is 7.21. The van der Waals surface area contributed by atoms with Crippen molar-refractivity contribution in [2.24, 2.45) is 5.73 Å². The zero-order valence-electron chi connectivity index (χ0n) is 6.78. The van der Waals surface area contributed by atoms with Crippen molar-refractivity contribution < 1.29 is 0 Å². The van der Waals surface area contributed by atoms with Crippen LogP contribution in [0.4, 0.5) is 0 Å². The molecule has 0 aromatic carbocycles. The summed E-state index contributed by atoms with van der Waals surface area (Å²) in [5.41, 5.74) is 5.35. The van der Waals surface area contributed by atoms with Crippen LogP contribution in [-0.4, -0.2) is 5.54 Å². The van der Waals surface area contributed by atoms with Gasteiger partial charge in [-0.1, -0.05) is 20.3 Å². The van der Waals surface area contributed by atoms with Crippen molar-refractivity contribution in [2.45, 2.75) is 46.6 Å². The van der Waals surface area contributed by atoms with E-state index in [0.29, 0.717) is 0 Å². The maximum atomic E-state index is 5.35. The summed E-state index contributed by atoms with van der Waals surface area (Å²) in [5.74, 6) is 0. The van der Waals surface area contributed by atoms with Crippen LogP contribution in [0.2, 0.25) is 0 Å². The minimum Gasteiger partial charge on any atom is -0.326 e. The van der Waals surface area contributed by atoms with E-state index >= 15 is 0 Å². The quantitative estimate of drug-likeness (QED) is 0.517. The summed E-state index contributed by atoms with van der Waals surface area (Å²) < 4.78 is 0. The molecule has 0 aliphatic rings. The highest BCUT2D eigenvalue weighted by Gasteiger charge is 1.95. The molecule has 8 heavy (non-hydrogen) atoms. The van der Waals surface area contributed by atoms with Crippen LogP contribution in [0.1, 0.15) is 41.0 Å². The second kappa shape index (κ2) is 5.10. The lowest BCUT2D eigenvalue weighted by Crippen LogP contribution is -2.26. The Balaban J connectivity index is 0. The van der Waals surface area contributed by atoms with Crippen molar-refractivity contribution in [3.8, 4) is 0 Å². The molecule has 0 aliphatic carbocycles. The molecule has 0 amide bonds. The van der Waals surface area contributed by atoms with Crippen LogP contribution in [0.15, 0.2) is 0 Å². The number of hydrogen-bond donors (Lipinski definition) is 1. The molecular weight excluding hydrogens is 98.1 g/mol. The summed E-state index contributed by atoms with van der Waals surface area (Å²) in [6.07, 6.45) is 1.25. The average molecular weight is 117 g/mol. The Morgan fingerprint density at radius 2 is 1.12 bits per heavy atom. The molecule has 0 atom stereocenters. The SMILES string of the molecule is CC(C)(C)N.CCC. The van der Waals surface area contributed by atoms with E-state index in [1.165, 1.54) is 6.42 Å². The van der Waals surface area contributed by atoms with Crippen LogP contribution in [0.25, 0.3) is 0 Å². The molecule has 1 heteroatoms. The summed E-state index contributed by atoms with van der Waals surface area (Å²) >= 11 is 0. The van der Waals surface area contributed by atoms with Crippen molar-refractivity contribution >= 4 is 0 Å². The molecule has 0 bridgehead atoms. The molecule has 0 spiro atoms. The maximum absolute atomic E-state index is 5.35. The van der Waals surface area contributed by atoms with Crippen LogP contribution in [0.5, 0.6) is 0 Å². The summed E-state index contributed by atoms with van der Waals surface area (Å²) in [6.45, 7) is 10.1. The van der Waals surface area contributed by atoms with E-state index in [2.05, 4.69) is 13.8 Å². The van der Waals surface area contributed by atoms with Gasteiger partial charge in [-0.15, -0.1) is 0 Å². The summed E-state index contributed by atoms with van der Waals surface area (Å²) in [7, 11) is 0. The minimum atomic E-state index is 0. The molecular formula is C7H19N. The average Bonchev–Trinajstić information content (AvgIpc) is 1.27. The normalized spacial score (nSPS) is 9.75. The molecule has 2 N–H and O–H groups in total. The third kappa shape index (κ3) is 91600. The van der Waals surface area contributed by atoms with Gasteiger partial charge in [0, 0.05) is 5.54 Å². The number of nitrogens with two attached hydrogens (primary N) is 1. The van der Waals surface area contributed by atoms with Crippen molar-refractivity contribution in [3.05, 3.63) is 0 Å². The summed E-state index contributed by atoms with van der Waals surface area (Å²) in [4.78, 5) is 0. The Hall–Kier alpha value is -0.0400. The molecule has 0 saturated carbocycles. The molecule has 0 fully saturated rings. The van der Waals surface area contributed by atoms with Gasteiger partial charge in [0.2, 0.25) is 0 Å². The van der Waals surface area contributed by atoms with Crippen LogP contribution in [-0.2, 0) is 0 Å². The van der Waals surface area contributed by atoms with Gasteiger partial charge in [0.1, 0.15) is 0 Å². The first-order valence-corrected chi connectivity index (χ1v) is 3.20. The number of hydrogen-bond acceptors (Lipinski definition) is 1. The molecule has 0 unspecified atom stereocenters. The predicted octanol–water partition coefficient (Wildman–Crippen LogP) is 2.16. The molecule has 0 aromatic rings. The van der Waals surface area contributed by atoms with E-state index < -0.39 is 0 Å². The molecule has 0 heterocycles. The highest BCUT2D eigenvalue weighted by Crippen LogP contribution is 1.88. The highest BCUT2D eigenvalue weighted by molar-refractivity contribution is 4.60. The van der Waals surface area contributed by atoms with Crippen molar-refractivity contribution in [1.82, 2.24) is 0 Å². The van der Waals surface area contributed by atoms with Crippen LogP contribution >= 0.6 is 0 Å². The first-order valence-electron chi connectivity index (χ1n) is 3.20. The smallest absolute Gasteiger partial charge is 0.00686 e. The first-order chi connectivity index (χ1) is 3.41. The molecule has 0 rings (SSSR count). The Kier molecular flexibility index (Phi) is 6.93. The molecule has 1 nitrogen and oxygen atoms in total. The van der Waals surface area contributed by atoms with Gasteiger partial charge in [0.15, 0.2) is 0 Å². The molecule has 0 aromatic heterocycles. The van der Waals surface area contributed by atoms with Crippen LogP contribution < -0.4 is 5.73 Å². The standard InChI is InChI=1S/C4H11N.C3H8/c1-4(2,3)5;1-3-2/h5H2,1-3H3;3H2,1-2H3. The van der Waals surface area contributed by atoms with E-state index in [1.54, 1.807) is 0 Å². The zero-order valence-corrected chi connectivity index (χ0v) is 6.78. The fourth-order valence-corrected chi connectivity index (χ4v) is 0. The molecule has 0 radical (unpaired) electrons. The van der Waals surface area contributed by atoms with Crippen LogP contribution in [0.3, 0.4) is 0 Å². The third-order valence-electron chi connectivity index (χ3n) is 0. The Morgan fingerprint density at radius 1 is 1.12 bits per heavy atom. The lowest BCUT2D eigenvalue weighted by molar-refractivity contribution is 0.580. The van der Waals surface area contributed by atoms with E-state index in [4.69, 9.17) is 5.73 Å². The third-order valence-corrected chi connectivity index (χ3v) is 0. The largest absolute Gasteiger partial charge is 0.326 e. The predicted molar refractivity (Wildman–Crippen MR) is 39.9 cm³/mol. The maximum Gasteiger partial charge on any atom is 0.00686 e. The van der Waals surface area contributed by atoms with Gasteiger partial charge in [-0.2, -0.15) is 0 Å². The molecule has 0 saturated heterocycles. The van der Waals surface area contributed by atoms with Gasteiger partial charge in [0.05, 0.1) is 0 Å². The fourth-order valence-electron chi connectivity index (χ4n) is 0. The Morgan fingerprint density at radius 3 is 1.12 bits per heavy atom. The van der Waals surface area contributed by atoms with Gasteiger partial charge >= 0.3 is 0 Å². The monoisotopic (exact) mass is 117 g/mol. The second-order valence-electron chi connectivity index (χ2n) is 3.07. The summed E-state index contributed by atoms with van der Waals surface area (Å²) in [5, 5.41) is 0. The highest BCUT2D eigenvalue weighted by atomic mass is 14.7.